The number of hydrogen-bond donors (Lipinski definition) is 2. The third-order valence-electron chi connectivity index (χ3n) is 2.77. The number of rotatable bonds is 5. The molecule has 0 aliphatic carbocycles. The molecule has 0 bridgehead atoms. The van der Waals surface area contributed by atoms with Gasteiger partial charge in [-0.2, -0.15) is 5.10 Å². The highest BCUT2D eigenvalue weighted by molar-refractivity contribution is 9.10. The molecule has 2 aromatic rings. The van der Waals surface area contributed by atoms with Gasteiger partial charge in [-0.3, -0.25) is 9.59 Å². The molecule has 0 fully saturated rings. The van der Waals surface area contributed by atoms with Gasteiger partial charge in [-0.25, -0.2) is 5.43 Å². The van der Waals surface area contributed by atoms with Gasteiger partial charge >= 0.3 is 0 Å². The van der Waals surface area contributed by atoms with Crippen LogP contribution in [0.25, 0.3) is 0 Å². The van der Waals surface area contributed by atoms with Gasteiger partial charge in [-0.05, 0) is 42.0 Å². The van der Waals surface area contributed by atoms with Crippen LogP contribution < -0.4 is 10.7 Å². The van der Waals surface area contributed by atoms with E-state index in [1.807, 2.05) is 0 Å². The summed E-state index contributed by atoms with van der Waals surface area (Å²) >= 11 is 9.13. The maximum absolute atomic E-state index is 11.8. The summed E-state index contributed by atoms with van der Waals surface area (Å²) in [5.41, 5.74) is 3.57. The van der Waals surface area contributed by atoms with Crippen molar-refractivity contribution in [2.45, 2.75) is 0 Å². The van der Waals surface area contributed by atoms with Gasteiger partial charge < -0.3 is 5.32 Å². The Bertz CT molecular complexity index is 732. The maximum atomic E-state index is 11.8. The largest absolute Gasteiger partial charge is 0.343 e. The van der Waals surface area contributed by atoms with E-state index in [-0.39, 0.29) is 12.5 Å². The second-order valence-corrected chi connectivity index (χ2v) is 5.89. The van der Waals surface area contributed by atoms with Crippen molar-refractivity contribution in [1.82, 2.24) is 10.7 Å². The van der Waals surface area contributed by atoms with Crippen molar-refractivity contribution >= 4 is 45.6 Å². The van der Waals surface area contributed by atoms with Crippen LogP contribution in [-0.2, 0) is 4.79 Å². The molecule has 0 radical (unpaired) electrons. The van der Waals surface area contributed by atoms with Gasteiger partial charge in [0.1, 0.15) is 0 Å². The number of carbonyl (C=O) groups is 2. The van der Waals surface area contributed by atoms with Crippen LogP contribution in [-0.4, -0.2) is 24.6 Å². The first-order chi connectivity index (χ1) is 11.0. The average molecular weight is 395 g/mol. The first-order valence-electron chi connectivity index (χ1n) is 6.66. The van der Waals surface area contributed by atoms with Gasteiger partial charge in [0.25, 0.3) is 11.8 Å². The fourth-order valence-corrected chi connectivity index (χ4v) is 2.13. The Morgan fingerprint density at radius 3 is 2.61 bits per heavy atom. The number of carbonyl (C=O) groups excluding carboxylic acids is 2. The Labute approximate surface area is 146 Å². The number of halogens is 2. The van der Waals surface area contributed by atoms with Crippen LogP contribution in [0.2, 0.25) is 5.02 Å². The number of nitrogens with one attached hydrogen (secondary N) is 2. The van der Waals surface area contributed by atoms with Crippen molar-refractivity contribution in [2.24, 2.45) is 5.10 Å². The minimum Gasteiger partial charge on any atom is -0.343 e. The third kappa shape index (κ3) is 5.84. The van der Waals surface area contributed by atoms with E-state index in [9.17, 15) is 9.59 Å². The van der Waals surface area contributed by atoms with Crippen LogP contribution in [0.4, 0.5) is 0 Å². The normalized spacial score (nSPS) is 10.5. The van der Waals surface area contributed by atoms with E-state index in [4.69, 9.17) is 11.6 Å². The lowest BCUT2D eigenvalue weighted by Crippen LogP contribution is -2.34. The van der Waals surface area contributed by atoms with E-state index < -0.39 is 5.91 Å². The highest BCUT2D eigenvalue weighted by atomic mass is 79.9. The lowest BCUT2D eigenvalue weighted by Gasteiger charge is -2.04. The first kappa shape index (κ1) is 17.2. The minimum atomic E-state index is -0.422. The zero-order chi connectivity index (χ0) is 16.7. The molecule has 0 atom stereocenters. The maximum Gasteiger partial charge on any atom is 0.259 e. The van der Waals surface area contributed by atoms with Crippen LogP contribution in [0, 0.1) is 0 Å². The number of amides is 2. The molecule has 23 heavy (non-hydrogen) atoms. The first-order valence-corrected chi connectivity index (χ1v) is 7.83. The third-order valence-corrected chi connectivity index (χ3v) is 3.53. The number of nitrogens with zero attached hydrogens (tertiary/aromatic N) is 1. The van der Waals surface area contributed by atoms with Gasteiger partial charge in [-0.15, -0.1) is 0 Å². The lowest BCUT2D eigenvalue weighted by atomic mass is 10.2. The molecule has 2 N–H and O–H groups in total. The molecule has 2 amide bonds. The average Bonchev–Trinajstić information content (AvgIpc) is 2.53. The van der Waals surface area contributed by atoms with Crippen molar-refractivity contribution in [1.29, 1.82) is 0 Å². The van der Waals surface area contributed by atoms with Crippen molar-refractivity contribution < 1.29 is 9.59 Å². The van der Waals surface area contributed by atoms with Gasteiger partial charge in [0.05, 0.1) is 12.8 Å². The summed E-state index contributed by atoms with van der Waals surface area (Å²) in [4.78, 5) is 23.5. The van der Waals surface area contributed by atoms with Crippen LogP contribution in [0.1, 0.15) is 15.9 Å². The predicted molar refractivity (Wildman–Crippen MR) is 93.7 cm³/mol. The highest BCUT2D eigenvalue weighted by Gasteiger charge is 2.07. The summed E-state index contributed by atoms with van der Waals surface area (Å²) in [6, 6.07) is 13.9. The molecular formula is C16H13BrClN3O2. The predicted octanol–water partition coefficient (Wildman–Crippen LogP) is 2.98. The summed E-state index contributed by atoms with van der Waals surface area (Å²) in [6.07, 6.45) is 1.47. The van der Waals surface area contributed by atoms with Gasteiger partial charge in [-0.1, -0.05) is 39.7 Å². The Morgan fingerprint density at radius 1 is 1.17 bits per heavy atom. The van der Waals surface area contributed by atoms with Crippen LogP contribution in [0.15, 0.2) is 58.1 Å². The summed E-state index contributed by atoms with van der Waals surface area (Å²) in [7, 11) is 0. The molecule has 0 aliphatic heterocycles. The SMILES string of the molecule is O=C(CNC(=O)c1ccc(Br)cc1)N/N=C/c1cccc(Cl)c1. The van der Waals surface area contributed by atoms with Crippen LogP contribution >= 0.6 is 27.5 Å². The highest BCUT2D eigenvalue weighted by Crippen LogP contribution is 2.10. The molecule has 7 heteroatoms. The molecule has 0 aliphatic rings. The van der Waals surface area contributed by atoms with Gasteiger partial charge in [0, 0.05) is 15.1 Å². The minimum absolute atomic E-state index is 0.165. The smallest absolute Gasteiger partial charge is 0.259 e. The van der Waals surface area contributed by atoms with Crippen molar-refractivity contribution in [3.63, 3.8) is 0 Å². The van der Waals surface area contributed by atoms with E-state index in [0.717, 1.165) is 10.0 Å². The van der Waals surface area contributed by atoms with E-state index in [1.54, 1.807) is 48.5 Å². The summed E-state index contributed by atoms with van der Waals surface area (Å²) in [6.45, 7) is -0.165. The molecule has 5 nitrogen and oxygen atoms in total. The summed E-state index contributed by atoms with van der Waals surface area (Å²) in [5.74, 6) is -0.750. The monoisotopic (exact) mass is 393 g/mol. The Hall–Kier alpha value is -2.18. The number of benzene rings is 2. The molecule has 0 unspecified atom stereocenters. The molecule has 118 valence electrons. The van der Waals surface area contributed by atoms with E-state index in [2.05, 4.69) is 31.8 Å². The fourth-order valence-electron chi connectivity index (χ4n) is 1.67. The number of hydrogen-bond acceptors (Lipinski definition) is 3. The zero-order valence-electron chi connectivity index (χ0n) is 11.9. The van der Waals surface area contributed by atoms with Crippen molar-refractivity contribution in [2.75, 3.05) is 6.54 Å². The topological polar surface area (TPSA) is 70.6 Å². The Morgan fingerprint density at radius 2 is 1.91 bits per heavy atom. The van der Waals surface area contributed by atoms with Crippen molar-refractivity contribution in [3.8, 4) is 0 Å². The van der Waals surface area contributed by atoms with E-state index in [0.29, 0.717) is 10.6 Å². The quantitative estimate of drug-likeness (QED) is 0.604. The van der Waals surface area contributed by atoms with Crippen LogP contribution in [0.5, 0.6) is 0 Å². The van der Waals surface area contributed by atoms with Gasteiger partial charge in [0.15, 0.2) is 0 Å². The second kappa shape index (κ2) is 8.45. The Balaban J connectivity index is 1.78. The molecular weight excluding hydrogens is 382 g/mol. The van der Waals surface area contributed by atoms with Crippen LogP contribution in [0.3, 0.4) is 0 Å². The molecule has 0 aromatic heterocycles. The molecule has 0 spiro atoms. The molecule has 0 saturated heterocycles. The van der Waals surface area contributed by atoms with Gasteiger partial charge in [0.2, 0.25) is 0 Å². The van der Waals surface area contributed by atoms with E-state index in [1.165, 1.54) is 6.21 Å². The zero-order valence-corrected chi connectivity index (χ0v) is 14.3. The molecule has 2 rings (SSSR count). The molecule has 2 aromatic carbocycles. The van der Waals surface area contributed by atoms with Crippen molar-refractivity contribution in [3.05, 3.63) is 69.2 Å². The Kier molecular flexibility index (Phi) is 6.31. The standard InChI is InChI=1S/C16H13BrClN3O2/c17-13-6-4-12(5-7-13)16(23)19-10-15(22)21-20-9-11-2-1-3-14(18)8-11/h1-9H,10H2,(H,19,23)(H,21,22)/b20-9+. The summed E-state index contributed by atoms with van der Waals surface area (Å²) in [5, 5.41) is 6.90. The molecule has 0 saturated carbocycles. The molecule has 0 heterocycles. The number of hydrazone groups is 1. The second-order valence-electron chi connectivity index (χ2n) is 4.54. The fraction of sp³-hybridized carbons (Fsp3) is 0.0625. The summed E-state index contributed by atoms with van der Waals surface area (Å²) < 4.78 is 0.877. The lowest BCUT2D eigenvalue weighted by molar-refractivity contribution is -0.120. The van der Waals surface area contributed by atoms with E-state index >= 15 is 0 Å².